The highest BCUT2D eigenvalue weighted by atomic mass is 32.2. The lowest BCUT2D eigenvalue weighted by atomic mass is 10.2. The molecule has 0 saturated heterocycles. The average molecular weight is 414 g/mol. The molecule has 3 rings (SSSR count). The van der Waals surface area contributed by atoms with Crippen molar-refractivity contribution in [3.05, 3.63) is 54.1 Å². The van der Waals surface area contributed by atoms with Crippen LogP contribution in [0.1, 0.15) is 12.5 Å². The first-order valence-electron chi connectivity index (χ1n) is 8.46. The standard InChI is InChI=1S/C19H19N5O2S2/c1-12-6-3-4-9-16(12)22-18-23-24-19(28-18)27-11-17(26)21-15-8-5-7-14(10-15)20-13(2)25/h3-10H,11H2,1-2H3,(H,20,25)(H,21,26)(H,22,23). The molecular weight excluding hydrogens is 394 g/mol. The minimum Gasteiger partial charge on any atom is -0.330 e. The van der Waals surface area contributed by atoms with Crippen LogP contribution in [0.3, 0.4) is 0 Å². The third kappa shape index (κ3) is 5.80. The van der Waals surface area contributed by atoms with E-state index in [0.717, 1.165) is 11.3 Å². The highest BCUT2D eigenvalue weighted by Crippen LogP contribution is 2.28. The highest BCUT2D eigenvalue weighted by Gasteiger charge is 2.10. The molecule has 2 amide bonds. The molecule has 0 bridgehead atoms. The van der Waals surface area contributed by atoms with Crippen LogP contribution in [0.5, 0.6) is 0 Å². The summed E-state index contributed by atoms with van der Waals surface area (Å²) in [7, 11) is 0. The summed E-state index contributed by atoms with van der Waals surface area (Å²) in [5, 5.41) is 17.6. The number of nitrogens with zero attached hydrogens (tertiary/aromatic N) is 2. The van der Waals surface area contributed by atoms with E-state index in [4.69, 9.17) is 0 Å². The molecule has 3 N–H and O–H groups in total. The minimum absolute atomic E-state index is 0.159. The first-order chi connectivity index (χ1) is 13.5. The van der Waals surface area contributed by atoms with Crippen molar-refractivity contribution in [3.63, 3.8) is 0 Å². The highest BCUT2D eigenvalue weighted by molar-refractivity contribution is 8.01. The van der Waals surface area contributed by atoms with Gasteiger partial charge in [0.1, 0.15) is 0 Å². The van der Waals surface area contributed by atoms with Gasteiger partial charge in [-0.15, -0.1) is 10.2 Å². The number of benzene rings is 2. The Morgan fingerprint density at radius 3 is 2.54 bits per heavy atom. The lowest BCUT2D eigenvalue weighted by Gasteiger charge is -2.07. The topological polar surface area (TPSA) is 96.0 Å². The molecule has 0 aliphatic heterocycles. The van der Waals surface area contributed by atoms with E-state index in [1.54, 1.807) is 24.3 Å². The molecule has 0 atom stereocenters. The summed E-state index contributed by atoms with van der Waals surface area (Å²) in [6.45, 7) is 3.45. The molecule has 7 nitrogen and oxygen atoms in total. The van der Waals surface area contributed by atoms with Crippen molar-refractivity contribution >= 4 is 57.1 Å². The molecule has 0 unspecified atom stereocenters. The second-order valence-electron chi connectivity index (χ2n) is 5.91. The maximum absolute atomic E-state index is 12.2. The summed E-state index contributed by atoms with van der Waals surface area (Å²) in [4.78, 5) is 23.3. The molecule has 144 valence electrons. The molecule has 9 heteroatoms. The Morgan fingerprint density at radius 1 is 1.04 bits per heavy atom. The third-order valence-corrected chi connectivity index (χ3v) is 5.56. The normalized spacial score (nSPS) is 10.4. The Labute approximate surface area is 171 Å². The van der Waals surface area contributed by atoms with Crippen LogP contribution >= 0.6 is 23.1 Å². The van der Waals surface area contributed by atoms with E-state index in [9.17, 15) is 9.59 Å². The number of hydrogen-bond donors (Lipinski definition) is 3. The molecule has 0 radical (unpaired) electrons. The molecule has 0 spiro atoms. The van der Waals surface area contributed by atoms with E-state index < -0.39 is 0 Å². The fourth-order valence-corrected chi connectivity index (χ4v) is 3.91. The predicted molar refractivity (Wildman–Crippen MR) is 114 cm³/mol. The number of thioether (sulfide) groups is 1. The summed E-state index contributed by atoms with van der Waals surface area (Å²) >= 11 is 2.72. The summed E-state index contributed by atoms with van der Waals surface area (Å²) in [5.74, 6) is -0.109. The van der Waals surface area contributed by atoms with Crippen LogP contribution in [-0.4, -0.2) is 27.8 Å². The first kappa shape index (κ1) is 19.8. The zero-order valence-corrected chi connectivity index (χ0v) is 17.0. The van der Waals surface area contributed by atoms with Crippen LogP contribution in [0, 0.1) is 6.92 Å². The van der Waals surface area contributed by atoms with E-state index in [2.05, 4.69) is 26.1 Å². The van der Waals surface area contributed by atoms with Crippen molar-refractivity contribution in [3.8, 4) is 0 Å². The molecule has 0 saturated carbocycles. The van der Waals surface area contributed by atoms with Crippen molar-refractivity contribution in [2.45, 2.75) is 18.2 Å². The quantitative estimate of drug-likeness (QED) is 0.500. The first-order valence-corrected chi connectivity index (χ1v) is 10.3. The van der Waals surface area contributed by atoms with Crippen molar-refractivity contribution in [2.75, 3.05) is 21.7 Å². The van der Waals surface area contributed by atoms with E-state index in [0.29, 0.717) is 20.8 Å². The largest absolute Gasteiger partial charge is 0.330 e. The van der Waals surface area contributed by atoms with E-state index >= 15 is 0 Å². The molecule has 2 aromatic carbocycles. The van der Waals surface area contributed by atoms with Crippen LogP contribution in [0.15, 0.2) is 52.9 Å². The molecule has 3 aromatic rings. The van der Waals surface area contributed by atoms with Crippen molar-refractivity contribution in [2.24, 2.45) is 0 Å². The molecule has 1 heterocycles. The van der Waals surface area contributed by atoms with Gasteiger partial charge in [0.05, 0.1) is 5.75 Å². The van der Waals surface area contributed by atoms with Crippen LogP contribution in [0.2, 0.25) is 0 Å². The summed E-state index contributed by atoms with van der Waals surface area (Å²) in [6, 6.07) is 14.9. The van der Waals surface area contributed by atoms with Crippen LogP contribution in [-0.2, 0) is 9.59 Å². The number of aromatic nitrogens is 2. The van der Waals surface area contributed by atoms with Gasteiger partial charge in [-0.1, -0.05) is 47.4 Å². The molecule has 1 aromatic heterocycles. The van der Waals surface area contributed by atoms with Gasteiger partial charge in [-0.2, -0.15) is 0 Å². The number of para-hydroxylation sites is 1. The van der Waals surface area contributed by atoms with Crippen LogP contribution in [0.4, 0.5) is 22.2 Å². The Hall–Kier alpha value is -2.91. The molecular formula is C19H19N5O2S2. The van der Waals surface area contributed by atoms with Gasteiger partial charge in [-0.05, 0) is 36.8 Å². The maximum atomic E-state index is 12.2. The number of carbonyl (C=O) groups excluding carboxylic acids is 2. The number of carbonyl (C=O) groups is 2. The smallest absolute Gasteiger partial charge is 0.234 e. The van der Waals surface area contributed by atoms with Gasteiger partial charge in [-0.25, -0.2) is 0 Å². The van der Waals surface area contributed by atoms with Gasteiger partial charge in [0, 0.05) is 24.0 Å². The molecule has 28 heavy (non-hydrogen) atoms. The SMILES string of the molecule is CC(=O)Nc1cccc(NC(=O)CSc2nnc(Nc3ccccc3C)s2)c1. The Kier molecular flexibility index (Phi) is 6.62. The third-order valence-electron chi connectivity index (χ3n) is 3.59. The second kappa shape index (κ2) is 9.34. The summed E-state index contributed by atoms with van der Waals surface area (Å²) < 4.78 is 0.707. The molecule has 0 aliphatic rings. The van der Waals surface area contributed by atoms with E-state index in [-0.39, 0.29) is 17.6 Å². The summed E-state index contributed by atoms with van der Waals surface area (Å²) in [5.41, 5.74) is 3.35. The van der Waals surface area contributed by atoms with Gasteiger partial charge in [0.25, 0.3) is 0 Å². The lowest BCUT2D eigenvalue weighted by molar-refractivity contribution is -0.114. The van der Waals surface area contributed by atoms with Gasteiger partial charge >= 0.3 is 0 Å². The van der Waals surface area contributed by atoms with Gasteiger partial charge in [0.15, 0.2) is 4.34 Å². The fraction of sp³-hybridized carbons (Fsp3) is 0.158. The van der Waals surface area contributed by atoms with Crippen molar-refractivity contribution in [1.82, 2.24) is 10.2 Å². The lowest BCUT2D eigenvalue weighted by Crippen LogP contribution is -2.14. The second-order valence-corrected chi connectivity index (χ2v) is 8.11. The predicted octanol–water partition coefficient (Wildman–Crippen LogP) is 4.28. The zero-order valence-electron chi connectivity index (χ0n) is 15.4. The zero-order chi connectivity index (χ0) is 19.9. The van der Waals surface area contributed by atoms with E-state index in [1.807, 2.05) is 31.2 Å². The van der Waals surface area contributed by atoms with Gasteiger partial charge in [-0.3, -0.25) is 9.59 Å². The van der Waals surface area contributed by atoms with Crippen molar-refractivity contribution < 1.29 is 9.59 Å². The molecule has 0 fully saturated rings. The Bertz CT molecular complexity index is 990. The van der Waals surface area contributed by atoms with Crippen molar-refractivity contribution in [1.29, 1.82) is 0 Å². The number of amides is 2. The number of nitrogens with one attached hydrogen (secondary N) is 3. The van der Waals surface area contributed by atoms with Crippen LogP contribution in [0.25, 0.3) is 0 Å². The van der Waals surface area contributed by atoms with Crippen LogP contribution < -0.4 is 16.0 Å². The number of rotatable bonds is 7. The Balaban J connectivity index is 1.52. The fourth-order valence-electron chi connectivity index (χ4n) is 2.35. The van der Waals surface area contributed by atoms with Gasteiger partial charge < -0.3 is 16.0 Å². The van der Waals surface area contributed by atoms with Gasteiger partial charge in [0.2, 0.25) is 16.9 Å². The average Bonchev–Trinajstić information content (AvgIpc) is 3.09. The maximum Gasteiger partial charge on any atom is 0.234 e. The summed E-state index contributed by atoms with van der Waals surface area (Å²) in [6.07, 6.45) is 0. The van der Waals surface area contributed by atoms with E-state index in [1.165, 1.54) is 30.0 Å². The monoisotopic (exact) mass is 413 g/mol. The number of anilines is 4. The number of aryl methyl sites for hydroxylation is 1. The Morgan fingerprint density at radius 2 is 1.79 bits per heavy atom. The molecule has 0 aliphatic carbocycles. The number of hydrogen-bond acceptors (Lipinski definition) is 7. The minimum atomic E-state index is -0.162.